The van der Waals surface area contributed by atoms with Gasteiger partial charge in [-0.05, 0) is 37.3 Å². The van der Waals surface area contributed by atoms with Crippen LogP contribution in [0.15, 0.2) is 110 Å². The molecule has 0 saturated carbocycles. The number of halogens is 1. The molecule has 0 aliphatic heterocycles. The minimum atomic E-state index is -0.388. The van der Waals surface area contributed by atoms with Crippen LogP contribution in [0.5, 0.6) is 0 Å². The van der Waals surface area contributed by atoms with Gasteiger partial charge in [0.05, 0.1) is 17.6 Å². The van der Waals surface area contributed by atoms with Crippen molar-refractivity contribution in [3.05, 3.63) is 123 Å². The van der Waals surface area contributed by atoms with E-state index in [0.29, 0.717) is 33.2 Å². The van der Waals surface area contributed by atoms with Crippen LogP contribution in [0.2, 0.25) is 0 Å². The lowest BCUT2D eigenvalue weighted by atomic mass is 10.2. The molecule has 0 bridgehead atoms. The van der Waals surface area contributed by atoms with Gasteiger partial charge in [-0.2, -0.15) is 5.10 Å². The molecule has 0 aliphatic carbocycles. The van der Waals surface area contributed by atoms with E-state index < -0.39 is 0 Å². The molecule has 188 valence electrons. The summed E-state index contributed by atoms with van der Waals surface area (Å²) in [4.78, 5) is 18.7. The standard InChI is InChI=1S/C29H22FN5O2S/c1-19-27(28(36)35(33(19)2)22-12-4-3-5-13-22)32-29-34(31-17-21-11-6-8-14-23(21)30)24(18-38-29)26-16-20-10-7-9-15-25(20)37-26/h3-18H,1-2H3. The van der Waals surface area contributed by atoms with Gasteiger partial charge in [0.2, 0.25) is 4.80 Å². The van der Waals surface area contributed by atoms with Crippen LogP contribution in [0.25, 0.3) is 28.1 Å². The van der Waals surface area contributed by atoms with Crippen molar-refractivity contribution in [3.63, 3.8) is 0 Å². The molecule has 0 spiro atoms. The summed E-state index contributed by atoms with van der Waals surface area (Å²) in [5, 5.41) is 7.39. The molecule has 38 heavy (non-hydrogen) atoms. The van der Waals surface area contributed by atoms with E-state index in [-0.39, 0.29) is 11.4 Å². The second kappa shape index (κ2) is 9.60. The molecule has 3 aromatic heterocycles. The average Bonchev–Trinajstić information content (AvgIpc) is 3.60. The van der Waals surface area contributed by atoms with Gasteiger partial charge in [0.15, 0.2) is 11.4 Å². The highest BCUT2D eigenvalue weighted by atomic mass is 32.1. The van der Waals surface area contributed by atoms with Crippen molar-refractivity contribution in [2.75, 3.05) is 0 Å². The van der Waals surface area contributed by atoms with Crippen molar-refractivity contribution in [1.82, 2.24) is 14.0 Å². The minimum Gasteiger partial charge on any atom is -0.454 e. The second-order valence-electron chi connectivity index (χ2n) is 8.65. The second-order valence-corrected chi connectivity index (χ2v) is 9.49. The Bertz CT molecular complexity index is 1910. The molecule has 6 aromatic rings. The van der Waals surface area contributed by atoms with Gasteiger partial charge in [-0.15, -0.1) is 11.3 Å². The fraction of sp³-hybridized carbons (Fsp3) is 0.0690. The lowest BCUT2D eigenvalue weighted by Gasteiger charge is -2.07. The number of fused-ring (bicyclic) bond motifs is 1. The molecular weight excluding hydrogens is 501 g/mol. The van der Waals surface area contributed by atoms with Crippen LogP contribution in [-0.4, -0.2) is 20.3 Å². The summed E-state index contributed by atoms with van der Waals surface area (Å²) in [5.41, 5.74) is 3.18. The predicted octanol–water partition coefficient (Wildman–Crippen LogP) is 6.01. The Balaban J connectivity index is 1.55. The number of furan rings is 1. The summed E-state index contributed by atoms with van der Waals surface area (Å²) in [6.07, 6.45) is 1.44. The third-order valence-corrected chi connectivity index (χ3v) is 7.13. The van der Waals surface area contributed by atoms with Crippen molar-refractivity contribution in [2.24, 2.45) is 17.1 Å². The fourth-order valence-electron chi connectivity index (χ4n) is 4.25. The number of hydrogen-bond donors (Lipinski definition) is 0. The summed E-state index contributed by atoms with van der Waals surface area (Å²) in [6, 6.07) is 25.4. The molecule has 3 heterocycles. The Labute approximate surface area is 220 Å². The number of thiazole rings is 1. The maximum absolute atomic E-state index is 14.4. The van der Waals surface area contributed by atoms with Gasteiger partial charge in [0, 0.05) is 23.4 Å². The first kappa shape index (κ1) is 23.6. The van der Waals surface area contributed by atoms with Crippen molar-refractivity contribution in [1.29, 1.82) is 0 Å². The molecule has 0 fully saturated rings. The topological polar surface area (TPSA) is 69.7 Å². The Morgan fingerprint density at radius 1 is 0.974 bits per heavy atom. The van der Waals surface area contributed by atoms with E-state index in [1.165, 1.54) is 23.6 Å². The van der Waals surface area contributed by atoms with Gasteiger partial charge in [-0.3, -0.25) is 9.48 Å². The van der Waals surface area contributed by atoms with E-state index in [1.54, 1.807) is 32.2 Å². The summed E-state index contributed by atoms with van der Waals surface area (Å²) >= 11 is 1.31. The van der Waals surface area contributed by atoms with E-state index >= 15 is 0 Å². The molecule has 0 atom stereocenters. The zero-order valence-electron chi connectivity index (χ0n) is 20.6. The van der Waals surface area contributed by atoms with Crippen LogP contribution in [-0.2, 0) is 7.05 Å². The van der Waals surface area contributed by atoms with Gasteiger partial charge in [-0.25, -0.2) is 18.7 Å². The molecule has 0 aliphatic rings. The molecule has 9 heteroatoms. The maximum Gasteiger partial charge on any atom is 0.297 e. The summed E-state index contributed by atoms with van der Waals surface area (Å²) < 4.78 is 25.4. The monoisotopic (exact) mass is 523 g/mol. The predicted molar refractivity (Wildman–Crippen MR) is 148 cm³/mol. The number of aromatic nitrogens is 3. The highest BCUT2D eigenvalue weighted by Gasteiger charge is 2.18. The Hall–Kier alpha value is -4.76. The number of hydrogen-bond acceptors (Lipinski definition) is 5. The van der Waals surface area contributed by atoms with E-state index in [4.69, 9.17) is 9.41 Å². The summed E-state index contributed by atoms with van der Waals surface area (Å²) in [6.45, 7) is 1.85. The lowest BCUT2D eigenvalue weighted by molar-refractivity contribution is 0.621. The average molecular weight is 524 g/mol. The molecule has 6 rings (SSSR count). The number of rotatable bonds is 5. The van der Waals surface area contributed by atoms with Gasteiger partial charge >= 0.3 is 0 Å². The van der Waals surface area contributed by atoms with Crippen LogP contribution >= 0.6 is 11.3 Å². The van der Waals surface area contributed by atoms with Gasteiger partial charge < -0.3 is 4.42 Å². The van der Waals surface area contributed by atoms with Crippen LogP contribution in [0, 0.1) is 12.7 Å². The molecule has 0 saturated heterocycles. The van der Waals surface area contributed by atoms with Crippen LogP contribution in [0.4, 0.5) is 10.1 Å². The Morgan fingerprint density at radius 2 is 1.71 bits per heavy atom. The smallest absolute Gasteiger partial charge is 0.297 e. The first-order valence-electron chi connectivity index (χ1n) is 11.9. The van der Waals surface area contributed by atoms with E-state index in [0.717, 1.165) is 16.7 Å². The molecule has 0 unspecified atom stereocenters. The Kier molecular flexibility index (Phi) is 5.97. The van der Waals surface area contributed by atoms with Crippen LogP contribution in [0.1, 0.15) is 11.3 Å². The zero-order valence-corrected chi connectivity index (χ0v) is 21.4. The maximum atomic E-state index is 14.4. The lowest BCUT2D eigenvalue weighted by Crippen LogP contribution is -2.19. The molecule has 0 radical (unpaired) electrons. The minimum absolute atomic E-state index is 0.250. The Morgan fingerprint density at radius 3 is 2.50 bits per heavy atom. The summed E-state index contributed by atoms with van der Waals surface area (Å²) in [5.74, 6) is 0.196. The number of para-hydroxylation sites is 2. The van der Waals surface area contributed by atoms with E-state index in [2.05, 4.69) is 5.10 Å². The quantitative estimate of drug-likeness (QED) is 0.260. The van der Waals surface area contributed by atoms with Crippen molar-refractivity contribution in [2.45, 2.75) is 6.92 Å². The largest absolute Gasteiger partial charge is 0.454 e. The van der Waals surface area contributed by atoms with Crippen LogP contribution < -0.4 is 10.4 Å². The molecule has 0 amide bonds. The third kappa shape index (κ3) is 4.12. The van der Waals surface area contributed by atoms with Crippen LogP contribution in [0.3, 0.4) is 0 Å². The van der Waals surface area contributed by atoms with Gasteiger partial charge in [0.25, 0.3) is 5.56 Å². The van der Waals surface area contributed by atoms with Crippen molar-refractivity contribution >= 4 is 34.2 Å². The number of nitrogens with zero attached hydrogens (tertiary/aromatic N) is 5. The zero-order chi connectivity index (χ0) is 26.2. The molecule has 7 nitrogen and oxygen atoms in total. The highest BCUT2D eigenvalue weighted by Crippen LogP contribution is 2.28. The third-order valence-electron chi connectivity index (χ3n) is 6.31. The molecule has 3 aromatic carbocycles. The number of benzene rings is 3. The van der Waals surface area contributed by atoms with E-state index in [9.17, 15) is 9.18 Å². The first-order valence-corrected chi connectivity index (χ1v) is 12.8. The van der Waals surface area contributed by atoms with Crippen molar-refractivity contribution in [3.8, 4) is 17.1 Å². The molecule has 0 N–H and O–H groups in total. The SMILES string of the molecule is Cc1c(N=c2scc(-c3cc4ccccc4o3)n2N=Cc2ccccc2F)c(=O)n(-c2ccccc2)n1C. The van der Waals surface area contributed by atoms with Gasteiger partial charge in [0.1, 0.15) is 17.1 Å². The first-order chi connectivity index (χ1) is 18.5. The molecular formula is C29H22FN5O2S. The highest BCUT2D eigenvalue weighted by molar-refractivity contribution is 7.07. The summed E-state index contributed by atoms with van der Waals surface area (Å²) in [7, 11) is 1.82. The van der Waals surface area contributed by atoms with E-state index in [1.807, 2.05) is 80.0 Å². The normalized spacial score (nSPS) is 12.2. The fourth-order valence-corrected chi connectivity index (χ4v) is 5.07. The van der Waals surface area contributed by atoms with Gasteiger partial charge in [-0.1, -0.05) is 54.6 Å². The van der Waals surface area contributed by atoms with Crippen molar-refractivity contribution < 1.29 is 8.81 Å².